The molecule has 0 aliphatic carbocycles. The van der Waals surface area contributed by atoms with Gasteiger partial charge in [-0.1, -0.05) is 20.8 Å². The first kappa shape index (κ1) is 21.9. The molecule has 0 radical (unpaired) electrons. The van der Waals surface area contributed by atoms with E-state index in [4.69, 9.17) is 14.2 Å². The lowest BCUT2D eigenvalue weighted by atomic mass is 9.80. The molecule has 2 aliphatic rings. The fourth-order valence-electron chi connectivity index (χ4n) is 3.27. The molecule has 0 saturated carbocycles. The molecular weight excluding hydrogens is 352 g/mol. The third-order valence-electron chi connectivity index (χ3n) is 4.86. The molecule has 0 bridgehead atoms. The first-order chi connectivity index (χ1) is 12.0. The maximum Gasteiger partial charge on any atom is 0.187 e. The Bertz CT molecular complexity index is 453. The lowest BCUT2D eigenvalue weighted by Gasteiger charge is -2.49. The van der Waals surface area contributed by atoms with Crippen LogP contribution in [0.1, 0.15) is 20.8 Å². The van der Waals surface area contributed by atoms with Gasteiger partial charge in [0.1, 0.15) is 48.8 Å². The van der Waals surface area contributed by atoms with Crippen LogP contribution < -0.4 is 0 Å². The van der Waals surface area contributed by atoms with Crippen LogP contribution in [0.15, 0.2) is 0 Å². The summed E-state index contributed by atoms with van der Waals surface area (Å²) in [6.45, 7) is 4.30. The number of rotatable bonds is 4. The average molecular weight is 382 g/mol. The molecule has 7 N–H and O–H groups in total. The number of aliphatic hydroxyl groups is 7. The molecule has 0 aromatic heterocycles. The van der Waals surface area contributed by atoms with E-state index in [2.05, 4.69) is 0 Å². The summed E-state index contributed by atoms with van der Waals surface area (Å²) < 4.78 is 16.6. The van der Waals surface area contributed by atoms with Crippen molar-refractivity contribution >= 4 is 0 Å². The predicted octanol–water partition coefficient (Wildman–Crippen LogP) is -3.30. The Balaban J connectivity index is 2.23. The third-order valence-corrected chi connectivity index (χ3v) is 4.86. The minimum atomic E-state index is -1.65. The van der Waals surface area contributed by atoms with Crippen molar-refractivity contribution in [3.8, 4) is 0 Å². The van der Waals surface area contributed by atoms with E-state index in [-0.39, 0.29) is 0 Å². The molecule has 10 nitrogen and oxygen atoms in total. The van der Waals surface area contributed by atoms with Gasteiger partial charge in [-0.3, -0.25) is 0 Å². The summed E-state index contributed by atoms with van der Waals surface area (Å²) in [6, 6.07) is 0. The molecule has 154 valence electrons. The standard InChI is InChI=1S/C16H30O10/c1-16(2,3)14-13(11(22)9(20)6(4-17)24-14)26-15-12(23)10(21)8(19)7(5-18)25-15/h6-15,17-23H,4-5H2,1-3H3/t6-,7-,8-,9-,10+,11+,12-,13-,14?,15?/m1/s1. The van der Waals surface area contributed by atoms with Crippen molar-refractivity contribution in [1.82, 2.24) is 0 Å². The number of aliphatic hydroxyl groups excluding tert-OH is 7. The molecule has 26 heavy (non-hydrogen) atoms. The van der Waals surface area contributed by atoms with E-state index >= 15 is 0 Å². The fraction of sp³-hybridized carbons (Fsp3) is 1.00. The molecule has 0 amide bonds. The number of hydrogen-bond acceptors (Lipinski definition) is 10. The fourth-order valence-corrected chi connectivity index (χ4v) is 3.27. The van der Waals surface area contributed by atoms with Gasteiger partial charge < -0.3 is 50.0 Å². The SMILES string of the molecule is CC(C)(C)C1O[C@H](CO)[C@@H](O)[C@H](O)[C@H]1OC1O[C@H](CO)[C@@H](O)[C@H](O)[C@H]1O. The van der Waals surface area contributed by atoms with Gasteiger partial charge in [0.15, 0.2) is 6.29 Å². The Morgan fingerprint density at radius 2 is 1.23 bits per heavy atom. The zero-order valence-corrected chi connectivity index (χ0v) is 15.0. The first-order valence-electron chi connectivity index (χ1n) is 8.61. The number of ether oxygens (including phenoxy) is 3. The van der Waals surface area contributed by atoms with E-state index in [1.54, 1.807) is 20.8 Å². The summed E-state index contributed by atoms with van der Waals surface area (Å²) in [4.78, 5) is 0. The van der Waals surface area contributed by atoms with Crippen LogP contribution in [0, 0.1) is 5.41 Å². The summed E-state index contributed by atoms with van der Waals surface area (Å²) in [5.41, 5.74) is -0.576. The van der Waals surface area contributed by atoms with E-state index in [1.165, 1.54) is 0 Å². The molecule has 0 aromatic rings. The second kappa shape index (κ2) is 8.31. The van der Waals surface area contributed by atoms with Crippen molar-refractivity contribution < 1.29 is 50.0 Å². The van der Waals surface area contributed by atoms with Gasteiger partial charge in [-0.2, -0.15) is 0 Å². The van der Waals surface area contributed by atoms with Gasteiger partial charge in [0.2, 0.25) is 0 Å². The van der Waals surface area contributed by atoms with E-state index < -0.39 is 79.9 Å². The van der Waals surface area contributed by atoms with Crippen LogP contribution in [0.3, 0.4) is 0 Å². The Morgan fingerprint density at radius 1 is 0.731 bits per heavy atom. The minimum Gasteiger partial charge on any atom is -0.394 e. The maximum atomic E-state index is 10.5. The molecule has 2 fully saturated rings. The maximum absolute atomic E-state index is 10.5. The zero-order valence-electron chi connectivity index (χ0n) is 15.0. The monoisotopic (exact) mass is 382 g/mol. The second-order valence-corrected chi connectivity index (χ2v) is 7.92. The van der Waals surface area contributed by atoms with Crippen LogP contribution in [-0.4, -0.2) is 110 Å². The van der Waals surface area contributed by atoms with Gasteiger partial charge in [-0.15, -0.1) is 0 Å². The summed E-state index contributed by atoms with van der Waals surface area (Å²) in [7, 11) is 0. The number of hydrogen-bond donors (Lipinski definition) is 7. The van der Waals surface area contributed by atoms with Crippen molar-refractivity contribution in [3.63, 3.8) is 0 Å². The second-order valence-electron chi connectivity index (χ2n) is 7.92. The van der Waals surface area contributed by atoms with Crippen LogP contribution in [-0.2, 0) is 14.2 Å². The largest absolute Gasteiger partial charge is 0.394 e. The van der Waals surface area contributed by atoms with Crippen molar-refractivity contribution in [3.05, 3.63) is 0 Å². The minimum absolute atomic E-state index is 0.502. The third kappa shape index (κ3) is 4.20. The highest BCUT2D eigenvalue weighted by Crippen LogP contribution is 2.36. The van der Waals surface area contributed by atoms with Crippen molar-refractivity contribution in [2.24, 2.45) is 5.41 Å². The molecule has 2 aliphatic heterocycles. The van der Waals surface area contributed by atoms with Crippen LogP contribution in [0.25, 0.3) is 0 Å². The van der Waals surface area contributed by atoms with Crippen molar-refractivity contribution in [1.29, 1.82) is 0 Å². The zero-order chi connectivity index (χ0) is 19.8. The van der Waals surface area contributed by atoms with Crippen LogP contribution in [0.4, 0.5) is 0 Å². The molecule has 2 unspecified atom stereocenters. The van der Waals surface area contributed by atoms with Gasteiger partial charge in [0, 0.05) is 0 Å². The Kier molecular flexibility index (Phi) is 7.00. The summed E-state index contributed by atoms with van der Waals surface area (Å²) in [5.74, 6) is 0. The summed E-state index contributed by atoms with van der Waals surface area (Å²) in [6.07, 6.45) is -13.3. The molecule has 10 heteroatoms. The Hall–Kier alpha value is -0.400. The average Bonchev–Trinajstić information content (AvgIpc) is 2.58. The Labute approximate surface area is 151 Å². The lowest BCUT2D eigenvalue weighted by Crippen LogP contribution is -2.66. The van der Waals surface area contributed by atoms with Gasteiger partial charge in [-0.05, 0) is 5.41 Å². The Morgan fingerprint density at radius 3 is 1.73 bits per heavy atom. The lowest BCUT2D eigenvalue weighted by molar-refractivity contribution is -0.347. The van der Waals surface area contributed by atoms with Crippen molar-refractivity contribution in [2.75, 3.05) is 13.2 Å². The highest BCUT2D eigenvalue weighted by atomic mass is 16.7. The van der Waals surface area contributed by atoms with Gasteiger partial charge >= 0.3 is 0 Å². The summed E-state index contributed by atoms with van der Waals surface area (Å²) >= 11 is 0. The highest BCUT2D eigenvalue weighted by Gasteiger charge is 2.52. The topological polar surface area (TPSA) is 169 Å². The van der Waals surface area contributed by atoms with Gasteiger partial charge in [0.25, 0.3) is 0 Å². The first-order valence-corrected chi connectivity index (χ1v) is 8.61. The summed E-state index contributed by atoms with van der Waals surface area (Å²) in [5, 5.41) is 69.0. The van der Waals surface area contributed by atoms with Crippen molar-refractivity contribution in [2.45, 2.75) is 82.0 Å². The smallest absolute Gasteiger partial charge is 0.187 e. The molecule has 2 rings (SSSR count). The van der Waals surface area contributed by atoms with E-state index in [1.807, 2.05) is 0 Å². The molecule has 0 spiro atoms. The van der Waals surface area contributed by atoms with Crippen LogP contribution in [0.5, 0.6) is 0 Å². The highest BCUT2D eigenvalue weighted by molar-refractivity contribution is 4.98. The normalized spacial score (nSPS) is 47.8. The molecular formula is C16H30O10. The van der Waals surface area contributed by atoms with Crippen LogP contribution >= 0.6 is 0 Å². The van der Waals surface area contributed by atoms with E-state index in [0.717, 1.165) is 0 Å². The molecule has 10 atom stereocenters. The van der Waals surface area contributed by atoms with E-state index in [9.17, 15) is 35.7 Å². The predicted molar refractivity (Wildman–Crippen MR) is 85.9 cm³/mol. The van der Waals surface area contributed by atoms with Gasteiger partial charge in [-0.25, -0.2) is 0 Å². The molecule has 0 aromatic carbocycles. The molecule has 2 saturated heterocycles. The van der Waals surface area contributed by atoms with E-state index in [0.29, 0.717) is 0 Å². The molecule has 2 heterocycles. The quantitative estimate of drug-likeness (QED) is 0.261. The van der Waals surface area contributed by atoms with Crippen LogP contribution in [0.2, 0.25) is 0 Å². The van der Waals surface area contributed by atoms with Gasteiger partial charge in [0.05, 0.1) is 19.3 Å².